The van der Waals surface area contributed by atoms with Crippen LogP contribution >= 0.6 is 11.8 Å². The topological polar surface area (TPSA) is 79.2 Å². The van der Waals surface area contributed by atoms with Gasteiger partial charge in [-0.25, -0.2) is 0 Å². The Kier molecular flexibility index (Phi) is 3.85. The number of hydrogen-bond donors (Lipinski definition) is 1. The van der Waals surface area contributed by atoms with Crippen LogP contribution in [0.2, 0.25) is 0 Å². The van der Waals surface area contributed by atoms with Crippen molar-refractivity contribution in [2.75, 3.05) is 11.9 Å². The van der Waals surface area contributed by atoms with Gasteiger partial charge in [0.1, 0.15) is 6.07 Å². The Labute approximate surface area is 108 Å². The average Bonchev–Trinajstić information content (AvgIpc) is 2.37. The molecule has 1 aromatic carbocycles. The normalized spacial score (nSPS) is 17.3. The predicted molar refractivity (Wildman–Crippen MR) is 65.9 cm³/mol. The largest absolute Gasteiger partial charge is 0.450 e. The van der Waals surface area contributed by atoms with Crippen LogP contribution in [-0.2, 0) is 14.3 Å². The second-order valence-corrected chi connectivity index (χ2v) is 4.86. The van der Waals surface area contributed by atoms with Crippen molar-refractivity contribution in [2.24, 2.45) is 0 Å². The molecular formula is C12H10N2O3S. The number of thioether (sulfide) groups is 1. The highest BCUT2D eigenvalue weighted by Gasteiger charge is 2.29. The van der Waals surface area contributed by atoms with E-state index in [1.807, 2.05) is 24.3 Å². The van der Waals surface area contributed by atoms with E-state index in [0.29, 0.717) is 0 Å². The van der Waals surface area contributed by atoms with Gasteiger partial charge in [0.25, 0.3) is 0 Å². The first-order valence-electron chi connectivity index (χ1n) is 5.30. The highest BCUT2D eigenvalue weighted by Crippen LogP contribution is 2.36. The Balaban J connectivity index is 2.02. The lowest BCUT2D eigenvalue weighted by atomic mass is 10.2. The van der Waals surface area contributed by atoms with Crippen molar-refractivity contribution in [3.8, 4) is 6.07 Å². The van der Waals surface area contributed by atoms with Crippen LogP contribution in [-0.4, -0.2) is 23.7 Å². The first-order chi connectivity index (χ1) is 8.70. The molecule has 0 fully saturated rings. The van der Waals surface area contributed by atoms with Crippen LogP contribution in [0.5, 0.6) is 0 Å². The van der Waals surface area contributed by atoms with E-state index in [1.165, 1.54) is 11.8 Å². The summed E-state index contributed by atoms with van der Waals surface area (Å²) in [6.45, 7) is -0.283. The fraction of sp³-hybridized carbons (Fsp3) is 0.250. The number of nitrogens with one attached hydrogen (secondary N) is 1. The van der Waals surface area contributed by atoms with Crippen molar-refractivity contribution >= 4 is 29.3 Å². The first kappa shape index (κ1) is 12.5. The molecule has 1 heterocycles. The van der Waals surface area contributed by atoms with Crippen LogP contribution in [0.15, 0.2) is 29.2 Å². The molecule has 0 saturated heterocycles. The fourth-order valence-electron chi connectivity index (χ4n) is 1.55. The SMILES string of the molecule is N#CCOC(=O)C[C@H]1Sc2ccccc2NC1=O. The number of anilines is 1. The minimum atomic E-state index is -0.538. The van der Waals surface area contributed by atoms with Crippen LogP contribution in [0.1, 0.15) is 6.42 Å². The smallest absolute Gasteiger partial charge is 0.308 e. The molecule has 18 heavy (non-hydrogen) atoms. The van der Waals surface area contributed by atoms with Gasteiger partial charge in [-0.3, -0.25) is 9.59 Å². The van der Waals surface area contributed by atoms with Gasteiger partial charge in [-0.15, -0.1) is 11.8 Å². The van der Waals surface area contributed by atoms with E-state index < -0.39 is 11.2 Å². The second-order valence-electron chi connectivity index (χ2n) is 3.61. The summed E-state index contributed by atoms with van der Waals surface area (Å²) >= 11 is 1.33. The number of benzene rings is 1. The maximum Gasteiger partial charge on any atom is 0.308 e. The predicted octanol–water partition coefficient (Wildman–Crippen LogP) is 1.56. The summed E-state index contributed by atoms with van der Waals surface area (Å²) in [7, 11) is 0. The Morgan fingerprint density at radius 2 is 2.28 bits per heavy atom. The number of rotatable bonds is 3. The van der Waals surface area contributed by atoms with Gasteiger partial charge in [0.15, 0.2) is 6.61 Å². The minimum absolute atomic E-state index is 0.0352. The molecule has 1 atom stereocenters. The second kappa shape index (κ2) is 5.56. The van der Waals surface area contributed by atoms with Crippen LogP contribution in [0, 0.1) is 11.3 Å². The Bertz CT molecular complexity index is 524. The number of fused-ring (bicyclic) bond motifs is 1. The third-order valence-electron chi connectivity index (χ3n) is 2.36. The van der Waals surface area contributed by atoms with E-state index in [9.17, 15) is 9.59 Å². The molecule has 1 N–H and O–H groups in total. The summed E-state index contributed by atoms with van der Waals surface area (Å²) in [5.41, 5.74) is 0.758. The number of esters is 1. The number of ether oxygens (including phenoxy) is 1. The lowest BCUT2D eigenvalue weighted by molar-refractivity contribution is -0.143. The average molecular weight is 262 g/mol. The third-order valence-corrected chi connectivity index (χ3v) is 3.63. The first-order valence-corrected chi connectivity index (χ1v) is 6.18. The van der Waals surface area contributed by atoms with E-state index in [4.69, 9.17) is 5.26 Å². The fourth-order valence-corrected chi connectivity index (χ4v) is 2.65. The van der Waals surface area contributed by atoms with Crippen molar-refractivity contribution in [1.82, 2.24) is 0 Å². The molecule has 6 heteroatoms. The van der Waals surface area contributed by atoms with Gasteiger partial charge in [0, 0.05) is 4.90 Å². The van der Waals surface area contributed by atoms with E-state index in [2.05, 4.69) is 10.1 Å². The quantitative estimate of drug-likeness (QED) is 0.836. The molecule has 2 rings (SSSR count). The van der Waals surface area contributed by atoms with Gasteiger partial charge in [0.2, 0.25) is 5.91 Å². The molecule has 5 nitrogen and oxygen atoms in total. The van der Waals surface area contributed by atoms with Gasteiger partial charge >= 0.3 is 5.97 Å². The lowest BCUT2D eigenvalue weighted by Crippen LogP contribution is -2.31. The van der Waals surface area contributed by atoms with Gasteiger partial charge in [-0.1, -0.05) is 12.1 Å². The number of para-hydroxylation sites is 1. The zero-order chi connectivity index (χ0) is 13.0. The van der Waals surface area contributed by atoms with Crippen molar-refractivity contribution in [3.05, 3.63) is 24.3 Å². The molecule has 0 saturated carbocycles. The van der Waals surface area contributed by atoms with Gasteiger partial charge in [0.05, 0.1) is 17.4 Å². The molecule has 1 amide bonds. The van der Waals surface area contributed by atoms with Crippen LogP contribution in [0.25, 0.3) is 0 Å². The number of nitrogens with zero attached hydrogens (tertiary/aromatic N) is 1. The monoisotopic (exact) mass is 262 g/mol. The molecule has 1 aliphatic rings. The molecule has 0 radical (unpaired) electrons. The molecule has 0 spiro atoms. The molecule has 92 valence electrons. The molecule has 1 aliphatic heterocycles. The molecule has 0 aromatic heterocycles. The molecule has 0 aliphatic carbocycles. The van der Waals surface area contributed by atoms with Crippen molar-refractivity contribution in [2.45, 2.75) is 16.6 Å². The molecule has 0 bridgehead atoms. The van der Waals surface area contributed by atoms with Crippen LogP contribution in [0.3, 0.4) is 0 Å². The lowest BCUT2D eigenvalue weighted by Gasteiger charge is -2.23. The highest BCUT2D eigenvalue weighted by atomic mass is 32.2. The summed E-state index contributed by atoms with van der Waals surface area (Å²) in [6, 6.07) is 9.11. The number of nitriles is 1. The summed E-state index contributed by atoms with van der Waals surface area (Å²) in [4.78, 5) is 24.0. The van der Waals surface area contributed by atoms with E-state index in [1.54, 1.807) is 6.07 Å². The number of carbonyl (C=O) groups is 2. The van der Waals surface area contributed by atoms with E-state index in [0.717, 1.165) is 10.6 Å². The van der Waals surface area contributed by atoms with Crippen molar-refractivity contribution in [3.63, 3.8) is 0 Å². The molecule has 0 unspecified atom stereocenters. The Hall–Kier alpha value is -2.00. The standard InChI is InChI=1S/C12H10N2O3S/c13-5-6-17-11(15)7-10-12(16)14-8-3-1-2-4-9(8)18-10/h1-4,10H,6-7H2,(H,14,16)/t10-/m1/s1. The molecular weight excluding hydrogens is 252 g/mol. The Morgan fingerprint density at radius 1 is 1.50 bits per heavy atom. The highest BCUT2D eigenvalue weighted by molar-refractivity contribution is 8.01. The van der Waals surface area contributed by atoms with E-state index >= 15 is 0 Å². The number of amides is 1. The maximum atomic E-state index is 11.8. The van der Waals surface area contributed by atoms with Crippen molar-refractivity contribution < 1.29 is 14.3 Å². The molecule has 1 aromatic rings. The number of hydrogen-bond acceptors (Lipinski definition) is 5. The van der Waals surface area contributed by atoms with Gasteiger partial charge in [-0.05, 0) is 12.1 Å². The van der Waals surface area contributed by atoms with E-state index in [-0.39, 0.29) is 18.9 Å². The zero-order valence-corrected chi connectivity index (χ0v) is 10.2. The van der Waals surface area contributed by atoms with Gasteiger partial charge < -0.3 is 10.1 Å². The summed E-state index contributed by atoms with van der Waals surface area (Å²) in [5, 5.41) is 10.5. The minimum Gasteiger partial charge on any atom is -0.450 e. The number of carbonyl (C=O) groups excluding carboxylic acids is 2. The van der Waals surface area contributed by atoms with Crippen LogP contribution < -0.4 is 5.32 Å². The van der Waals surface area contributed by atoms with Crippen LogP contribution in [0.4, 0.5) is 5.69 Å². The zero-order valence-electron chi connectivity index (χ0n) is 9.38. The van der Waals surface area contributed by atoms with Crippen molar-refractivity contribution in [1.29, 1.82) is 5.26 Å². The summed E-state index contributed by atoms with van der Waals surface area (Å²) in [6.07, 6.45) is -0.0352. The third kappa shape index (κ3) is 2.81. The summed E-state index contributed by atoms with van der Waals surface area (Å²) < 4.78 is 4.64. The van der Waals surface area contributed by atoms with Gasteiger partial charge in [-0.2, -0.15) is 5.26 Å². The Morgan fingerprint density at radius 3 is 3.06 bits per heavy atom. The summed E-state index contributed by atoms with van der Waals surface area (Å²) in [5.74, 6) is -0.754. The maximum absolute atomic E-state index is 11.8.